The van der Waals surface area contributed by atoms with E-state index in [0.29, 0.717) is 6.42 Å². The molecule has 0 aliphatic rings. The van der Waals surface area contributed by atoms with Crippen LogP contribution >= 0.6 is 0 Å². The average Bonchev–Trinajstić information content (AvgIpc) is 2.19. The van der Waals surface area contributed by atoms with Crippen LogP contribution in [0.25, 0.3) is 0 Å². The maximum absolute atomic E-state index is 11.6. The third kappa shape index (κ3) is 4.78. The number of nitrogens with zero attached hydrogens (tertiary/aromatic N) is 2. The van der Waals surface area contributed by atoms with E-state index in [1.807, 2.05) is 0 Å². The third-order valence-electron chi connectivity index (χ3n) is 2.20. The van der Waals surface area contributed by atoms with E-state index in [4.69, 9.17) is 5.11 Å². The topological polar surface area (TPSA) is 84.2 Å². The summed E-state index contributed by atoms with van der Waals surface area (Å²) in [6.45, 7) is 3.40. The molecule has 6 heteroatoms. The van der Waals surface area contributed by atoms with E-state index in [9.17, 15) is 9.59 Å². The number of nitrogens with one attached hydrogen (secondary N) is 1. The first kappa shape index (κ1) is 13.4. The van der Waals surface area contributed by atoms with Crippen LogP contribution in [0.2, 0.25) is 0 Å². The van der Waals surface area contributed by atoms with Crippen molar-refractivity contribution in [1.29, 1.82) is 0 Å². The first-order valence-corrected chi connectivity index (χ1v) is 5.48. The molecule has 94 valence electrons. The normalized spacial score (nSPS) is 14.1. The largest absolute Gasteiger partial charge is 0.393 e. The molecule has 0 saturated heterocycles. The van der Waals surface area contributed by atoms with Crippen LogP contribution in [-0.4, -0.2) is 32.7 Å². The van der Waals surface area contributed by atoms with E-state index >= 15 is 0 Å². The molecule has 0 aliphatic carbocycles. The molecule has 0 spiro atoms. The van der Waals surface area contributed by atoms with Gasteiger partial charge in [0.2, 0.25) is 5.91 Å². The van der Waals surface area contributed by atoms with Crippen molar-refractivity contribution in [3.8, 4) is 0 Å². The van der Waals surface area contributed by atoms with Gasteiger partial charge in [-0.1, -0.05) is 0 Å². The van der Waals surface area contributed by atoms with Gasteiger partial charge in [0.05, 0.1) is 6.10 Å². The Balaban J connectivity index is 2.50. The maximum atomic E-state index is 11.6. The number of aromatic nitrogens is 2. The Bertz CT molecular complexity index is 428. The van der Waals surface area contributed by atoms with Crippen molar-refractivity contribution in [2.75, 3.05) is 0 Å². The second-order valence-corrected chi connectivity index (χ2v) is 4.08. The van der Waals surface area contributed by atoms with Crippen molar-refractivity contribution in [1.82, 2.24) is 14.9 Å². The summed E-state index contributed by atoms with van der Waals surface area (Å²) >= 11 is 0. The lowest BCUT2D eigenvalue weighted by molar-refractivity contribution is -0.122. The van der Waals surface area contributed by atoms with Gasteiger partial charge in [-0.3, -0.25) is 9.36 Å². The van der Waals surface area contributed by atoms with Gasteiger partial charge in [-0.05, 0) is 26.3 Å². The van der Waals surface area contributed by atoms with Gasteiger partial charge in [-0.15, -0.1) is 0 Å². The van der Waals surface area contributed by atoms with Crippen LogP contribution in [0.4, 0.5) is 0 Å². The molecule has 1 heterocycles. The molecule has 0 radical (unpaired) electrons. The molecule has 17 heavy (non-hydrogen) atoms. The molecular formula is C11H17N3O3. The van der Waals surface area contributed by atoms with E-state index in [-0.39, 0.29) is 18.5 Å². The van der Waals surface area contributed by atoms with Crippen molar-refractivity contribution in [3.05, 3.63) is 28.9 Å². The van der Waals surface area contributed by atoms with Gasteiger partial charge in [0.1, 0.15) is 6.54 Å². The molecule has 0 saturated carbocycles. The van der Waals surface area contributed by atoms with Crippen molar-refractivity contribution >= 4 is 5.91 Å². The summed E-state index contributed by atoms with van der Waals surface area (Å²) in [5, 5.41) is 11.9. The minimum absolute atomic E-state index is 0.0587. The third-order valence-corrected chi connectivity index (χ3v) is 2.20. The molecule has 0 aliphatic heterocycles. The van der Waals surface area contributed by atoms with Crippen molar-refractivity contribution in [2.24, 2.45) is 0 Å². The van der Waals surface area contributed by atoms with Crippen LogP contribution in [0.3, 0.4) is 0 Å². The lowest BCUT2D eigenvalue weighted by Gasteiger charge is -2.15. The Morgan fingerprint density at radius 1 is 1.59 bits per heavy atom. The minimum atomic E-state index is -0.466. The molecule has 0 bridgehead atoms. The fraction of sp³-hybridized carbons (Fsp3) is 0.545. The highest BCUT2D eigenvalue weighted by Crippen LogP contribution is 1.96. The van der Waals surface area contributed by atoms with Gasteiger partial charge in [0.25, 0.3) is 0 Å². The SMILES string of the molecule is CC(O)CC(C)NC(=O)Cn1cccnc1=O. The van der Waals surface area contributed by atoms with Gasteiger partial charge in [0.15, 0.2) is 0 Å². The van der Waals surface area contributed by atoms with Gasteiger partial charge in [0, 0.05) is 18.4 Å². The number of carbonyl (C=O) groups is 1. The summed E-state index contributed by atoms with van der Waals surface area (Å²) in [5.41, 5.74) is -0.453. The number of aliphatic hydroxyl groups excluding tert-OH is 1. The fourth-order valence-corrected chi connectivity index (χ4v) is 1.55. The molecule has 1 aromatic rings. The zero-order valence-corrected chi connectivity index (χ0v) is 9.96. The zero-order chi connectivity index (χ0) is 12.8. The summed E-state index contributed by atoms with van der Waals surface area (Å²) in [4.78, 5) is 26.4. The number of amides is 1. The highest BCUT2D eigenvalue weighted by molar-refractivity contribution is 5.75. The quantitative estimate of drug-likeness (QED) is 0.726. The highest BCUT2D eigenvalue weighted by atomic mass is 16.3. The van der Waals surface area contributed by atoms with Gasteiger partial charge < -0.3 is 10.4 Å². The van der Waals surface area contributed by atoms with Crippen molar-refractivity contribution < 1.29 is 9.90 Å². The second kappa shape index (κ2) is 6.15. The summed E-state index contributed by atoms with van der Waals surface area (Å²) in [6.07, 6.45) is 2.90. The lowest BCUT2D eigenvalue weighted by Crippen LogP contribution is -2.38. The van der Waals surface area contributed by atoms with Crippen molar-refractivity contribution in [3.63, 3.8) is 0 Å². The molecule has 0 fully saturated rings. The van der Waals surface area contributed by atoms with Crippen LogP contribution in [0.1, 0.15) is 20.3 Å². The Hall–Kier alpha value is -1.69. The number of hydrogen-bond acceptors (Lipinski definition) is 4. The molecule has 6 nitrogen and oxygen atoms in total. The van der Waals surface area contributed by atoms with E-state index in [1.165, 1.54) is 17.0 Å². The average molecular weight is 239 g/mol. The number of carbonyl (C=O) groups excluding carboxylic acids is 1. The predicted molar refractivity (Wildman–Crippen MR) is 62.4 cm³/mol. The molecule has 1 amide bonds. The van der Waals surface area contributed by atoms with E-state index < -0.39 is 11.8 Å². The smallest absolute Gasteiger partial charge is 0.347 e. The van der Waals surface area contributed by atoms with Gasteiger partial charge in [-0.2, -0.15) is 0 Å². The Morgan fingerprint density at radius 2 is 2.29 bits per heavy atom. The molecule has 1 aromatic heterocycles. The molecule has 2 atom stereocenters. The van der Waals surface area contributed by atoms with E-state index in [0.717, 1.165) is 0 Å². The lowest BCUT2D eigenvalue weighted by atomic mass is 10.1. The number of aliphatic hydroxyl groups is 1. The highest BCUT2D eigenvalue weighted by Gasteiger charge is 2.10. The monoisotopic (exact) mass is 239 g/mol. The first-order chi connectivity index (χ1) is 7.99. The second-order valence-electron chi connectivity index (χ2n) is 4.08. The Morgan fingerprint density at radius 3 is 2.88 bits per heavy atom. The standard InChI is InChI=1S/C11H17N3O3/c1-8(6-9(2)15)13-10(16)7-14-5-3-4-12-11(14)17/h3-5,8-9,15H,6-7H2,1-2H3,(H,13,16). The predicted octanol–water partition coefficient (Wildman–Crippen LogP) is -0.481. The summed E-state index contributed by atoms with van der Waals surface area (Å²) in [5.74, 6) is -0.270. The van der Waals surface area contributed by atoms with Crippen LogP contribution in [0.5, 0.6) is 0 Å². The Kier molecular flexibility index (Phi) is 4.84. The minimum Gasteiger partial charge on any atom is -0.393 e. The Labute approximate surface area is 99.3 Å². The molecule has 2 N–H and O–H groups in total. The van der Waals surface area contributed by atoms with Crippen LogP contribution < -0.4 is 11.0 Å². The maximum Gasteiger partial charge on any atom is 0.347 e. The summed E-state index contributed by atoms with van der Waals surface area (Å²) in [7, 11) is 0. The van der Waals surface area contributed by atoms with E-state index in [1.54, 1.807) is 19.9 Å². The molecule has 1 rings (SSSR count). The van der Waals surface area contributed by atoms with Crippen LogP contribution in [-0.2, 0) is 11.3 Å². The fourth-order valence-electron chi connectivity index (χ4n) is 1.55. The van der Waals surface area contributed by atoms with Crippen LogP contribution in [0, 0.1) is 0 Å². The number of rotatable bonds is 5. The summed E-state index contributed by atoms with van der Waals surface area (Å²) in [6, 6.07) is 1.46. The van der Waals surface area contributed by atoms with Crippen molar-refractivity contribution in [2.45, 2.75) is 39.0 Å². The number of hydrogen-bond donors (Lipinski definition) is 2. The molecule has 0 aromatic carbocycles. The molecule has 2 unspecified atom stereocenters. The molecular weight excluding hydrogens is 222 g/mol. The summed E-state index contributed by atoms with van der Waals surface area (Å²) < 4.78 is 1.23. The van der Waals surface area contributed by atoms with Gasteiger partial charge in [-0.25, -0.2) is 9.78 Å². The first-order valence-electron chi connectivity index (χ1n) is 5.48. The van der Waals surface area contributed by atoms with Gasteiger partial charge >= 0.3 is 5.69 Å². The van der Waals surface area contributed by atoms with E-state index in [2.05, 4.69) is 10.3 Å². The zero-order valence-electron chi connectivity index (χ0n) is 9.96. The van der Waals surface area contributed by atoms with Crippen LogP contribution in [0.15, 0.2) is 23.3 Å².